The lowest BCUT2D eigenvalue weighted by molar-refractivity contribution is -0.113. The first-order valence-electron chi connectivity index (χ1n) is 11.5. The molecular formula is C27H26FN5O3S. The van der Waals surface area contributed by atoms with E-state index in [1.165, 1.54) is 36.0 Å². The van der Waals surface area contributed by atoms with Crippen molar-refractivity contribution >= 4 is 29.3 Å². The molecule has 2 N–H and O–H groups in total. The van der Waals surface area contributed by atoms with Crippen molar-refractivity contribution in [2.24, 2.45) is 0 Å². The molecule has 0 saturated heterocycles. The van der Waals surface area contributed by atoms with E-state index in [0.29, 0.717) is 28.0 Å². The van der Waals surface area contributed by atoms with Gasteiger partial charge in [-0.1, -0.05) is 30.0 Å². The maximum Gasteiger partial charge on any atom is 0.251 e. The molecule has 0 saturated carbocycles. The quantitative estimate of drug-likeness (QED) is 0.311. The van der Waals surface area contributed by atoms with Crippen molar-refractivity contribution in [1.29, 1.82) is 0 Å². The lowest BCUT2D eigenvalue weighted by atomic mass is 10.1. The molecule has 4 rings (SSSR count). The zero-order valence-corrected chi connectivity index (χ0v) is 21.4. The number of thioether (sulfide) groups is 1. The fourth-order valence-corrected chi connectivity index (χ4v) is 4.38. The summed E-state index contributed by atoms with van der Waals surface area (Å²) in [5, 5.41) is 14.8. The highest BCUT2D eigenvalue weighted by Crippen LogP contribution is 2.26. The molecule has 3 aromatic carbocycles. The van der Waals surface area contributed by atoms with Gasteiger partial charge in [0.25, 0.3) is 5.91 Å². The van der Waals surface area contributed by atoms with Crippen molar-refractivity contribution in [3.05, 3.63) is 95.1 Å². The molecule has 1 heterocycles. The van der Waals surface area contributed by atoms with Crippen molar-refractivity contribution < 1.29 is 18.7 Å². The van der Waals surface area contributed by atoms with Gasteiger partial charge in [-0.05, 0) is 73.5 Å². The van der Waals surface area contributed by atoms with Crippen molar-refractivity contribution in [2.75, 3.05) is 18.2 Å². The molecule has 8 nitrogen and oxygen atoms in total. The first-order valence-corrected chi connectivity index (χ1v) is 12.5. The molecule has 0 atom stereocenters. The highest BCUT2D eigenvalue weighted by molar-refractivity contribution is 7.99. The van der Waals surface area contributed by atoms with Crippen LogP contribution in [0.15, 0.2) is 71.9 Å². The Balaban J connectivity index is 1.54. The number of amides is 2. The molecule has 0 aliphatic carbocycles. The number of hydrogen-bond donors (Lipinski definition) is 2. The van der Waals surface area contributed by atoms with Gasteiger partial charge >= 0.3 is 0 Å². The zero-order chi connectivity index (χ0) is 26.4. The molecule has 190 valence electrons. The number of methoxy groups -OCH3 is 1. The van der Waals surface area contributed by atoms with Crippen molar-refractivity contribution in [1.82, 2.24) is 20.1 Å². The van der Waals surface area contributed by atoms with E-state index in [2.05, 4.69) is 20.8 Å². The number of aryl methyl sites for hydroxylation is 1. The number of nitrogens with zero attached hydrogens (tertiary/aromatic N) is 3. The van der Waals surface area contributed by atoms with Crippen molar-refractivity contribution in [3.8, 4) is 11.4 Å². The Labute approximate surface area is 218 Å². The fraction of sp³-hybridized carbons (Fsp3) is 0.185. The highest BCUT2D eigenvalue weighted by atomic mass is 32.2. The topological polar surface area (TPSA) is 98.1 Å². The van der Waals surface area contributed by atoms with Crippen LogP contribution >= 0.6 is 11.8 Å². The van der Waals surface area contributed by atoms with Gasteiger partial charge in [-0.2, -0.15) is 0 Å². The second-order valence-electron chi connectivity index (χ2n) is 8.21. The smallest absolute Gasteiger partial charge is 0.251 e. The van der Waals surface area contributed by atoms with E-state index in [-0.39, 0.29) is 29.9 Å². The number of carbonyl (C=O) groups is 2. The third-order valence-corrected chi connectivity index (χ3v) is 6.65. The Bertz CT molecular complexity index is 1420. The van der Waals surface area contributed by atoms with Crippen LogP contribution in [0.4, 0.5) is 10.1 Å². The molecule has 0 fully saturated rings. The van der Waals surface area contributed by atoms with Gasteiger partial charge in [0.15, 0.2) is 11.0 Å². The minimum atomic E-state index is -0.375. The number of carbonyl (C=O) groups excluding carboxylic acids is 2. The highest BCUT2D eigenvalue weighted by Gasteiger charge is 2.19. The Morgan fingerprint density at radius 2 is 1.78 bits per heavy atom. The van der Waals surface area contributed by atoms with Gasteiger partial charge in [0.05, 0.1) is 25.1 Å². The van der Waals surface area contributed by atoms with Crippen LogP contribution in [0.2, 0.25) is 0 Å². The summed E-state index contributed by atoms with van der Waals surface area (Å²) in [6.07, 6.45) is 0. The van der Waals surface area contributed by atoms with Gasteiger partial charge < -0.3 is 15.4 Å². The van der Waals surface area contributed by atoms with Gasteiger partial charge in [-0.25, -0.2) is 4.39 Å². The number of rotatable bonds is 9. The molecule has 37 heavy (non-hydrogen) atoms. The average Bonchev–Trinajstić information content (AvgIpc) is 3.31. The number of anilines is 1. The summed E-state index contributed by atoms with van der Waals surface area (Å²) in [5.41, 5.74) is 3.94. The van der Waals surface area contributed by atoms with Crippen molar-refractivity contribution in [3.63, 3.8) is 0 Å². The fourth-order valence-electron chi connectivity index (χ4n) is 3.61. The maximum absolute atomic E-state index is 13.1. The normalized spacial score (nSPS) is 10.7. The van der Waals surface area contributed by atoms with E-state index in [1.54, 1.807) is 31.4 Å². The number of nitrogens with one attached hydrogen (secondary N) is 2. The van der Waals surface area contributed by atoms with Gasteiger partial charge in [-0.15, -0.1) is 10.2 Å². The van der Waals surface area contributed by atoms with E-state index in [9.17, 15) is 14.0 Å². The average molecular weight is 520 g/mol. The summed E-state index contributed by atoms with van der Waals surface area (Å²) in [6, 6.07) is 18.3. The lowest BCUT2D eigenvalue weighted by Gasteiger charge is -2.15. The predicted octanol–water partition coefficient (Wildman–Crippen LogP) is 4.69. The Kier molecular flexibility index (Phi) is 8.19. The molecule has 1 aromatic heterocycles. The van der Waals surface area contributed by atoms with Crippen LogP contribution in [0, 0.1) is 19.7 Å². The van der Waals surface area contributed by atoms with Crippen LogP contribution in [0.5, 0.6) is 5.75 Å². The molecule has 2 amide bonds. The first-order chi connectivity index (χ1) is 17.9. The summed E-state index contributed by atoms with van der Waals surface area (Å²) in [6.45, 7) is 4.13. The summed E-state index contributed by atoms with van der Waals surface area (Å²) in [7, 11) is 1.54. The Morgan fingerprint density at radius 3 is 2.54 bits per heavy atom. The molecular weight excluding hydrogens is 493 g/mol. The number of aromatic nitrogens is 3. The van der Waals surface area contributed by atoms with Crippen LogP contribution < -0.4 is 15.4 Å². The molecule has 0 unspecified atom stereocenters. The Morgan fingerprint density at radius 1 is 1.03 bits per heavy atom. The standard InChI is InChI=1S/C27H26FN5O3S/c1-17-6-4-9-23(18(17)2)33-24(15-29-26(35)19-7-5-8-22(14-19)36-3)31-32-27(33)37-16-25(34)30-21-12-10-20(28)11-13-21/h4-14H,15-16H2,1-3H3,(H,29,35)(H,30,34). The monoisotopic (exact) mass is 519 g/mol. The number of benzene rings is 3. The minimum Gasteiger partial charge on any atom is -0.497 e. The maximum atomic E-state index is 13.1. The first kappa shape index (κ1) is 25.9. The van der Waals surface area contributed by atoms with Gasteiger partial charge in [-0.3, -0.25) is 14.2 Å². The second-order valence-corrected chi connectivity index (χ2v) is 9.15. The largest absolute Gasteiger partial charge is 0.497 e. The van der Waals surface area contributed by atoms with E-state index in [4.69, 9.17) is 4.74 Å². The lowest BCUT2D eigenvalue weighted by Crippen LogP contribution is -2.25. The summed E-state index contributed by atoms with van der Waals surface area (Å²) >= 11 is 1.22. The van der Waals surface area contributed by atoms with Gasteiger partial charge in [0, 0.05) is 11.3 Å². The van der Waals surface area contributed by atoms with Crippen LogP contribution in [-0.4, -0.2) is 39.4 Å². The van der Waals surface area contributed by atoms with E-state index < -0.39 is 0 Å². The molecule has 0 aliphatic rings. The third kappa shape index (κ3) is 6.34. The molecule has 0 spiro atoms. The van der Waals surface area contributed by atoms with Crippen LogP contribution in [-0.2, 0) is 11.3 Å². The van der Waals surface area contributed by atoms with E-state index in [1.807, 2.05) is 36.6 Å². The Hall–Kier alpha value is -4.18. The summed E-state index contributed by atoms with van der Waals surface area (Å²) in [4.78, 5) is 25.3. The molecule has 0 aliphatic heterocycles. The number of halogens is 1. The van der Waals surface area contributed by atoms with Crippen LogP contribution in [0.1, 0.15) is 27.3 Å². The van der Waals surface area contributed by atoms with Crippen molar-refractivity contribution in [2.45, 2.75) is 25.5 Å². The third-order valence-electron chi connectivity index (χ3n) is 5.72. The number of ether oxygens (including phenoxy) is 1. The molecule has 0 radical (unpaired) electrons. The predicted molar refractivity (Wildman–Crippen MR) is 141 cm³/mol. The zero-order valence-electron chi connectivity index (χ0n) is 20.6. The summed E-state index contributed by atoms with van der Waals surface area (Å²) < 4.78 is 20.2. The molecule has 10 heteroatoms. The molecule has 4 aromatic rings. The minimum absolute atomic E-state index is 0.0660. The second kappa shape index (κ2) is 11.7. The van der Waals surface area contributed by atoms with Gasteiger partial charge in [0.1, 0.15) is 11.6 Å². The molecule has 0 bridgehead atoms. The van der Waals surface area contributed by atoms with E-state index >= 15 is 0 Å². The van der Waals surface area contributed by atoms with E-state index in [0.717, 1.165) is 16.8 Å². The van der Waals surface area contributed by atoms with Gasteiger partial charge in [0.2, 0.25) is 5.91 Å². The van der Waals surface area contributed by atoms with Crippen LogP contribution in [0.3, 0.4) is 0 Å². The summed E-state index contributed by atoms with van der Waals surface area (Å²) in [5.74, 6) is 0.258. The SMILES string of the molecule is COc1cccc(C(=O)NCc2nnc(SCC(=O)Nc3ccc(F)cc3)n2-c2cccc(C)c2C)c1. The van der Waals surface area contributed by atoms with Crippen LogP contribution in [0.25, 0.3) is 5.69 Å². The number of hydrogen-bond acceptors (Lipinski definition) is 6.